The fourth-order valence-electron chi connectivity index (χ4n) is 2.39. The van der Waals surface area contributed by atoms with Crippen LogP contribution in [0.15, 0.2) is 35.6 Å². The smallest absolute Gasteiger partial charge is 0.422 e. The minimum absolute atomic E-state index is 0.0346. The monoisotopic (exact) mass is 415 g/mol. The third-order valence-corrected chi connectivity index (χ3v) is 4.84. The van der Waals surface area contributed by atoms with E-state index in [1.54, 1.807) is 6.07 Å². The molecular weight excluding hydrogens is 399 g/mol. The molecule has 3 rings (SSSR count). The maximum atomic E-state index is 12.6. The first-order valence-electron chi connectivity index (χ1n) is 7.93. The van der Waals surface area contributed by atoms with E-state index in [1.165, 1.54) is 38.6 Å². The molecule has 0 amide bonds. The number of benzene rings is 1. The van der Waals surface area contributed by atoms with E-state index in [0.717, 1.165) is 0 Å². The lowest BCUT2D eigenvalue weighted by molar-refractivity contribution is -0.153. The number of aromatic amines is 1. The van der Waals surface area contributed by atoms with Gasteiger partial charge in [-0.05, 0) is 12.1 Å². The lowest BCUT2D eigenvalue weighted by Crippen LogP contribution is -2.19. The number of nitrogens with one attached hydrogen (secondary N) is 1. The van der Waals surface area contributed by atoms with Crippen LogP contribution in [0.5, 0.6) is 17.2 Å². The molecule has 1 unspecified atom stereocenters. The summed E-state index contributed by atoms with van der Waals surface area (Å²) < 4.78 is 64.4. The van der Waals surface area contributed by atoms with Gasteiger partial charge in [-0.1, -0.05) is 0 Å². The Morgan fingerprint density at radius 3 is 2.57 bits per heavy atom. The van der Waals surface area contributed by atoms with Crippen molar-refractivity contribution >= 4 is 21.8 Å². The van der Waals surface area contributed by atoms with E-state index in [2.05, 4.69) is 15.0 Å². The van der Waals surface area contributed by atoms with Crippen LogP contribution in [0.1, 0.15) is 5.69 Å². The van der Waals surface area contributed by atoms with Gasteiger partial charge in [-0.15, -0.1) is 0 Å². The van der Waals surface area contributed by atoms with Gasteiger partial charge in [0.1, 0.15) is 5.75 Å². The van der Waals surface area contributed by atoms with Crippen LogP contribution < -0.4 is 14.2 Å². The molecule has 1 N–H and O–H groups in total. The van der Waals surface area contributed by atoms with E-state index in [0.29, 0.717) is 28.2 Å². The Morgan fingerprint density at radius 1 is 1.14 bits per heavy atom. The molecule has 0 aliphatic rings. The lowest BCUT2D eigenvalue weighted by atomic mass is 10.3. The van der Waals surface area contributed by atoms with E-state index in [4.69, 9.17) is 14.2 Å². The van der Waals surface area contributed by atoms with Crippen LogP contribution >= 0.6 is 0 Å². The molecule has 0 aliphatic heterocycles. The number of imidazole rings is 1. The molecule has 1 atom stereocenters. The van der Waals surface area contributed by atoms with Gasteiger partial charge in [0.05, 0.1) is 53.7 Å². The molecule has 0 spiro atoms. The van der Waals surface area contributed by atoms with Crippen molar-refractivity contribution in [1.29, 1.82) is 0 Å². The Hall–Kier alpha value is -2.82. The Kier molecular flexibility index (Phi) is 5.73. The molecule has 3 aromatic rings. The fraction of sp³-hybridized carbons (Fsp3) is 0.294. The molecule has 150 valence electrons. The third-order valence-electron chi connectivity index (χ3n) is 3.66. The summed E-state index contributed by atoms with van der Waals surface area (Å²) in [5, 5.41) is 0.180. The Morgan fingerprint density at radius 2 is 1.89 bits per heavy atom. The summed E-state index contributed by atoms with van der Waals surface area (Å²) in [5.74, 6) is 1.01. The molecule has 0 bridgehead atoms. The molecular formula is C17H16F3N3O4S. The van der Waals surface area contributed by atoms with E-state index in [-0.39, 0.29) is 16.7 Å². The predicted molar refractivity (Wildman–Crippen MR) is 95.1 cm³/mol. The SMILES string of the molecule is COc1cnc(CS(=O)c2nc3ccc(OCC(F)(F)F)cc3[nH]2)cc1OC. The second-order valence-corrected chi connectivity index (χ2v) is 7.01. The maximum Gasteiger partial charge on any atom is 0.422 e. The van der Waals surface area contributed by atoms with Crippen LogP contribution in [0.3, 0.4) is 0 Å². The number of pyridine rings is 1. The van der Waals surface area contributed by atoms with Gasteiger partial charge in [0.25, 0.3) is 0 Å². The number of aromatic nitrogens is 3. The van der Waals surface area contributed by atoms with Gasteiger partial charge < -0.3 is 19.2 Å². The van der Waals surface area contributed by atoms with Crippen molar-refractivity contribution in [3.8, 4) is 17.2 Å². The Balaban J connectivity index is 1.76. The van der Waals surface area contributed by atoms with Crippen molar-refractivity contribution in [1.82, 2.24) is 15.0 Å². The zero-order chi connectivity index (χ0) is 20.3. The number of hydrogen-bond donors (Lipinski definition) is 1. The first-order chi connectivity index (χ1) is 13.3. The van der Waals surface area contributed by atoms with Crippen molar-refractivity contribution in [2.45, 2.75) is 17.1 Å². The van der Waals surface area contributed by atoms with Crippen molar-refractivity contribution in [2.75, 3.05) is 20.8 Å². The molecule has 0 saturated carbocycles. The molecule has 0 fully saturated rings. The van der Waals surface area contributed by atoms with Gasteiger partial charge in [-0.2, -0.15) is 13.2 Å². The Labute approximate surface area is 160 Å². The fourth-order valence-corrected chi connectivity index (χ4v) is 3.37. The quantitative estimate of drug-likeness (QED) is 0.638. The standard InChI is InChI=1S/C17H16F3N3O4S/c1-25-14-5-10(21-7-15(14)26-2)8-28(24)16-22-12-4-3-11(6-13(12)23-16)27-9-17(18,19)20/h3-7H,8-9H2,1-2H3,(H,22,23). The molecule has 7 nitrogen and oxygen atoms in total. The van der Waals surface area contributed by atoms with Gasteiger partial charge >= 0.3 is 6.18 Å². The minimum atomic E-state index is -4.43. The summed E-state index contributed by atoms with van der Waals surface area (Å²) in [6, 6.07) is 5.86. The molecule has 0 aliphatic carbocycles. The van der Waals surface area contributed by atoms with Crippen molar-refractivity contribution in [2.24, 2.45) is 0 Å². The van der Waals surface area contributed by atoms with Crippen molar-refractivity contribution in [3.05, 3.63) is 36.2 Å². The van der Waals surface area contributed by atoms with Crippen LogP contribution in [0.2, 0.25) is 0 Å². The first-order valence-corrected chi connectivity index (χ1v) is 9.25. The number of halogens is 3. The number of nitrogens with zero attached hydrogens (tertiary/aromatic N) is 2. The normalized spacial score (nSPS) is 12.8. The number of H-pyrrole nitrogens is 1. The predicted octanol–water partition coefficient (Wildman–Crippen LogP) is 3.22. The van der Waals surface area contributed by atoms with Gasteiger partial charge in [0.15, 0.2) is 23.3 Å². The maximum absolute atomic E-state index is 12.6. The van der Waals surface area contributed by atoms with E-state index >= 15 is 0 Å². The number of rotatable bonds is 7. The van der Waals surface area contributed by atoms with Crippen LogP contribution in [-0.4, -0.2) is 46.2 Å². The summed E-state index contributed by atoms with van der Waals surface area (Å²) in [5.41, 5.74) is 1.39. The molecule has 2 heterocycles. The van der Waals surface area contributed by atoms with Gasteiger partial charge in [0, 0.05) is 12.1 Å². The second-order valence-electron chi connectivity index (χ2n) is 5.65. The van der Waals surface area contributed by atoms with Crippen molar-refractivity contribution < 1.29 is 31.6 Å². The van der Waals surface area contributed by atoms with Crippen LogP contribution in [0.25, 0.3) is 11.0 Å². The highest BCUT2D eigenvalue weighted by atomic mass is 32.2. The van der Waals surface area contributed by atoms with E-state index in [9.17, 15) is 17.4 Å². The highest BCUT2D eigenvalue weighted by Gasteiger charge is 2.28. The third kappa shape index (κ3) is 4.71. The summed E-state index contributed by atoms with van der Waals surface area (Å²) in [7, 11) is 1.41. The Bertz CT molecular complexity index is 1010. The summed E-state index contributed by atoms with van der Waals surface area (Å²) in [6.07, 6.45) is -2.96. The number of fused-ring (bicyclic) bond motifs is 1. The molecule has 28 heavy (non-hydrogen) atoms. The van der Waals surface area contributed by atoms with Gasteiger partial charge in [-0.25, -0.2) is 4.98 Å². The van der Waals surface area contributed by atoms with Crippen LogP contribution in [-0.2, 0) is 16.6 Å². The van der Waals surface area contributed by atoms with E-state index in [1.807, 2.05) is 0 Å². The molecule has 11 heteroatoms. The van der Waals surface area contributed by atoms with Gasteiger partial charge in [-0.3, -0.25) is 9.19 Å². The zero-order valence-corrected chi connectivity index (χ0v) is 15.7. The number of alkyl halides is 3. The summed E-state index contributed by atoms with van der Waals surface area (Å²) in [4.78, 5) is 11.2. The minimum Gasteiger partial charge on any atom is -0.493 e. The topological polar surface area (TPSA) is 86.3 Å². The van der Waals surface area contributed by atoms with Crippen molar-refractivity contribution in [3.63, 3.8) is 0 Å². The highest BCUT2D eigenvalue weighted by Crippen LogP contribution is 2.27. The molecule has 1 aromatic carbocycles. The average molecular weight is 415 g/mol. The highest BCUT2D eigenvalue weighted by molar-refractivity contribution is 7.84. The number of hydrogen-bond acceptors (Lipinski definition) is 6. The number of methoxy groups -OCH3 is 2. The first kappa shape index (κ1) is 19.9. The summed E-state index contributed by atoms with van der Waals surface area (Å²) >= 11 is 0. The zero-order valence-electron chi connectivity index (χ0n) is 14.9. The van der Waals surface area contributed by atoms with Gasteiger partial charge in [0.2, 0.25) is 0 Å². The van der Waals surface area contributed by atoms with E-state index < -0.39 is 23.6 Å². The number of ether oxygens (including phenoxy) is 3. The molecule has 0 saturated heterocycles. The average Bonchev–Trinajstić information content (AvgIpc) is 3.09. The molecule has 0 radical (unpaired) electrons. The lowest BCUT2D eigenvalue weighted by Gasteiger charge is -2.08. The molecule has 2 aromatic heterocycles. The second kappa shape index (κ2) is 8.05. The van der Waals surface area contributed by atoms with Crippen LogP contribution in [0, 0.1) is 0 Å². The van der Waals surface area contributed by atoms with Crippen LogP contribution in [0.4, 0.5) is 13.2 Å². The largest absolute Gasteiger partial charge is 0.493 e. The summed E-state index contributed by atoms with van der Waals surface area (Å²) in [6.45, 7) is -1.39.